The van der Waals surface area contributed by atoms with Crippen LogP contribution in [-0.4, -0.2) is 74.9 Å². The number of carbonyl (C=O) groups is 2. The summed E-state index contributed by atoms with van der Waals surface area (Å²) in [6.45, 7) is 2.79. The number of amides is 2. The smallest absolute Gasteiger partial charge is 0.252 e. The van der Waals surface area contributed by atoms with E-state index in [-0.39, 0.29) is 17.9 Å². The summed E-state index contributed by atoms with van der Waals surface area (Å²) >= 11 is 2.12. The lowest BCUT2D eigenvalue weighted by Crippen LogP contribution is -2.49. The molecule has 2 saturated heterocycles. The van der Waals surface area contributed by atoms with Gasteiger partial charge in [-0.25, -0.2) is 17.7 Å². The van der Waals surface area contributed by atoms with Gasteiger partial charge in [-0.3, -0.25) is 14.5 Å². The molecule has 11 heteroatoms. The molecule has 8 nitrogen and oxygen atoms in total. The topological polar surface area (TPSA) is 87.2 Å². The zero-order valence-electron chi connectivity index (χ0n) is 17.7. The molecule has 2 aliphatic rings. The summed E-state index contributed by atoms with van der Waals surface area (Å²) in [7, 11) is -4.16. The van der Waals surface area contributed by atoms with Crippen LogP contribution in [0.4, 0.5) is 10.1 Å². The molecule has 33 heavy (non-hydrogen) atoms. The molecule has 0 bridgehead atoms. The van der Waals surface area contributed by atoms with Crippen LogP contribution in [-0.2, 0) is 24.3 Å². The quantitative estimate of drug-likeness (QED) is 0.365. The van der Waals surface area contributed by atoms with Crippen molar-refractivity contribution in [2.45, 2.75) is 17.4 Å². The molecule has 2 aromatic rings. The van der Waals surface area contributed by atoms with Crippen LogP contribution in [0.25, 0.3) is 0 Å². The van der Waals surface area contributed by atoms with E-state index in [1.807, 2.05) is 0 Å². The third kappa shape index (κ3) is 5.27. The van der Waals surface area contributed by atoms with E-state index in [4.69, 9.17) is 4.74 Å². The number of benzene rings is 2. The molecule has 0 N–H and O–H groups in total. The monoisotopic (exact) mass is 587 g/mol. The number of anilines is 1. The number of carbonyl (C=O) groups excluding carboxylic acids is 2. The molecule has 1 atom stereocenters. The fraction of sp³-hybridized carbons (Fsp3) is 0.364. The van der Waals surface area contributed by atoms with E-state index < -0.39 is 33.7 Å². The summed E-state index contributed by atoms with van der Waals surface area (Å²) in [5, 5.41) is 0. The maximum atomic E-state index is 13.5. The normalized spacial score (nSPS) is 20.1. The Morgan fingerprint density at radius 2 is 1.67 bits per heavy atom. The zero-order chi connectivity index (χ0) is 23.6. The van der Waals surface area contributed by atoms with Crippen molar-refractivity contribution in [1.82, 2.24) is 9.21 Å². The molecule has 176 valence electrons. The molecule has 0 aliphatic carbocycles. The van der Waals surface area contributed by atoms with Gasteiger partial charge in [-0.05, 0) is 71.1 Å². The van der Waals surface area contributed by atoms with E-state index >= 15 is 0 Å². The predicted octanol–water partition coefficient (Wildman–Crippen LogP) is 2.09. The van der Waals surface area contributed by atoms with Gasteiger partial charge in [-0.2, -0.15) is 4.31 Å². The molecule has 1 unspecified atom stereocenters. The van der Waals surface area contributed by atoms with Gasteiger partial charge in [0, 0.05) is 29.7 Å². The molecule has 2 fully saturated rings. The first-order chi connectivity index (χ1) is 15.8. The average Bonchev–Trinajstić information content (AvgIpc) is 3.09. The van der Waals surface area contributed by atoms with Gasteiger partial charge >= 0.3 is 0 Å². The second-order valence-corrected chi connectivity index (χ2v) is 10.9. The Bertz CT molecular complexity index is 1120. The average molecular weight is 587 g/mol. The van der Waals surface area contributed by atoms with Crippen molar-refractivity contribution in [3.05, 3.63) is 57.9 Å². The van der Waals surface area contributed by atoms with E-state index in [2.05, 4.69) is 27.5 Å². The van der Waals surface area contributed by atoms with Crippen LogP contribution in [0.3, 0.4) is 0 Å². The van der Waals surface area contributed by atoms with Crippen LogP contribution in [0, 0.1) is 9.39 Å². The first-order valence-corrected chi connectivity index (χ1v) is 13.0. The Morgan fingerprint density at radius 3 is 2.30 bits per heavy atom. The van der Waals surface area contributed by atoms with Crippen LogP contribution < -0.4 is 4.90 Å². The van der Waals surface area contributed by atoms with Crippen molar-refractivity contribution in [2.75, 3.05) is 44.3 Å². The number of morpholine rings is 1. The van der Waals surface area contributed by atoms with Gasteiger partial charge in [0.25, 0.3) is 5.91 Å². The first-order valence-electron chi connectivity index (χ1n) is 10.5. The molecule has 2 heterocycles. The third-order valence-electron chi connectivity index (χ3n) is 5.72. The number of sulfonamides is 1. The second-order valence-electron chi connectivity index (χ2n) is 7.79. The highest BCUT2D eigenvalue weighted by Gasteiger charge is 2.47. The molecule has 0 radical (unpaired) electrons. The summed E-state index contributed by atoms with van der Waals surface area (Å²) in [5.41, 5.74) is 0.403. The Hall–Kier alpha value is -1.93. The maximum absolute atomic E-state index is 13.5. The van der Waals surface area contributed by atoms with Gasteiger partial charge in [0.1, 0.15) is 11.9 Å². The largest absolute Gasteiger partial charge is 0.379 e. The summed E-state index contributed by atoms with van der Waals surface area (Å²) in [6, 6.07) is 10.2. The minimum Gasteiger partial charge on any atom is -0.379 e. The highest BCUT2D eigenvalue weighted by Crippen LogP contribution is 2.29. The fourth-order valence-corrected chi connectivity index (χ4v) is 5.88. The molecule has 0 aromatic heterocycles. The van der Waals surface area contributed by atoms with Gasteiger partial charge in [0.2, 0.25) is 15.9 Å². The van der Waals surface area contributed by atoms with Gasteiger partial charge < -0.3 is 4.74 Å². The minimum atomic E-state index is -4.16. The zero-order valence-corrected chi connectivity index (χ0v) is 20.7. The van der Waals surface area contributed by atoms with Crippen molar-refractivity contribution in [3.8, 4) is 0 Å². The molecule has 2 aliphatic heterocycles. The third-order valence-corrected chi connectivity index (χ3v) is 8.36. The van der Waals surface area contributed by atoms with E-state index in [1.165, 1.54) is 12.1 Å². The van der Waals surface area contributed by atoms with Crippen molar-refractivity contribution in [3.63, 3.8) is 0 Å². The number of imide groups is 1. The molecule has 2 aromatic carbocycles. The van der Waals surface area contributed by atoms with Crippen molar-refractivity contribution in [2.24, 2.45) is 0 Å². The number of ether oxygens (including phenoxy) is 1. The van der Waals surface area contributed by atoms with Crippen LogP contribution in [0.5, 0.6) is 0 Å². The Kier molecular flexibility index (Phi) is 7.43. The van der Waals surface area contributed by atoms with Gasteiger partial charge in [0.05, 0.1) is 30.2 Å². The lowest BCUT2D eigenvalue weighted by Gasteiger charge is -2.31. The number of nitrogens with zero attached hydrogens (tertiary/aromatic N) is 3. The molecule has 0 saturated carbocycles. The summed E-state index contributed by atoms with van der Waals surface area (Å²) in [4.78, 5) is 29.1. The number of halogens is 2. The fourth-order valence-electron chi connectivity index (χ4n) is 3.95. The van der Waals surface area contributed by atoms with Crippen LogP contribution in [0.2, 0.25) is 0 Å². The Balaban J connectivity index is 1.64. The van der Waals surface area contributed by atoms with Crippen LogP contribution >= 0.6 is 22.6 Å². The highest BCUT2D eigenvalue weighted by atomic mass is 127. The van der Waals surface area contributed by atoms with E-state index in [9.17, 15) is 22.4 Å². The summed E-state index contributed by atoms with van der Waals surface area (Å²) < 4.78 is 47.8. The van der Waals surface area contributed by atoms with Gasteiger partial charge in [0.15, 0.2) is 0 Å². The molecular weight excluding hydrogens is 564 g/mol. The Morgan fingerprint density at radius 1 is 1.03 bits per heavy atom. The summed E-state index contributed by atoms with van der Waals surface area (Å²) in [6.07, 6.45) is -0.256. The molecule has 4 rings (SSSR count). The van der Waals surface area contributed by atoms with Gasteiger partial charge in [-0.1, -0.05) is 0 Å². The van der Waals surface area contributed by atoms with E-state index in [0.717, 1.165) is 24.9 Å². The molecule has 2 amide bonds. The number of rotatable bonds is 7. The van der Waals surface area contributed by atoms with E-state index in [1.54, 1.807) is 24.3 Å². The highest BCUT2D eigenvalue weighted by molar-refractivity contribution is 14.1. The van der Waals surface area contributed by atoms with Crippen LogP contribution in [0.15, 0.2) is 53.4 Å². The summed E-state index contributed by atoms with van der Waals surface area (Å²) in [5.74, 6) is -1.61. The van der Waals surface area contributed by atoms with E-state index in [0.29, 0.717) is 38.5 Å². The first kappa shape index (κ1) is 24.2. The van der Waals surface area contributed by atoms with Gasteiger partial charge in [-0.15, -0.1) is 0 Å². The second kappa shape index (κ2) is 10.1. The minimum absolute atomic E-state index is 0.0178. The van der Waals surface area contributed by atoms with Crippen molar-refractivity contribution < 1.29 is 27.1 Å². The van der Waals surface area contributed by atoms with Crippen LogP contribution in [0.1, 0.15) is 6.42 Å². The molecule has 0 spiro atoms. The number of hydrogen-bond acceptors (Lipinski definition) is 6. The lowest BCUT2D eigenvalue weighted by atomic mass is 10.2. The number of hydrogen-bond donors (Lipinski definition) is 0. The predicted molar refractivity (Wildman–Crippen MR) is 128 cm³/mol. The van der Waals surface area contributed by atoms with Crippen molar-refractivity contribution in [1.29, 1.82) is 0 Å². The van der Waals surface area contributed by atoms with Crippen molar-refractivity contribution >= 4 is 50.1 Å². The molecular formula is C22H23FIN3O5S. The lowest BCUT2D eigenvalue weighted by molar-refractivity contribution is -0.122. The Labute approximate surface area is 205 Å². The SMILES string of the molecule is O=C1CC(N(CCN2CCOCC2)S(=O)(=O)c2ccc(F)cc2)C(=O)N1c1ccc(I)cc1. The maximum Gasteiger partial charge on any atom is 0.252 e. The standard InChI is InChI=1S/C22H23FIN3O5S/c23-16-1-7-19(8-2-16)33(30,31)26(10-9-25-11-13-32-14-12-25)20-15-21(28)27(22(20)29)18-5-3-17(24)4-6-18/h1-8,20H,9-15H2.